The number of hydrogen-bond acceptors (Lipinski definition) is 2. The molecule has 0 bridgehead atoms. The van der Waals surface area contributed by atoms with Gasteiger partial charge in [0.25, 0.3) is 0 Å². The van der Waals surface area contributed by atoms with Gasteiger partial charge in [-0.1, -0.05) is 13.8 Å². The lowest BCUT2D eigenvalue weighted by Gasteiger charge is -2.30. The molecule has 0 aromatic carbocycles. The van der Waals surface area contributed by atoms with Crippen molar-refractivity contribution in [3.8, 4) is 0 Å². The van der Waals surface area contributed by atoms with E-state index in [0.29, 0.717) is 5.92 Å². The van der Waals surface area contributed by atoms with E-state index in [0.717, 1.165) is 0 Å². The molecule has 0 aliphatic heterocycles. The molecular formula is C11H23NO2. The first-order valence-corrected chi connectivity index (χ1v) is 5.11. The lowest BCUT2D eigenvalue weighted by atomic mass is 10.1. The van der Waals surface area contributed by atoms with Gasteiger partial charge in [0.1, 0.15) is 5.60 Å². The zero-order chi connectivity index (χ0) is 11.5. The van der Waals surface area contributed by atoms with Gasteiger partial charge in [-0.3, -0.25) is 0 Å². The molecule has 0 radical (unpaired) electrons. The minimum Gasteiger partial charge on any atom is -0.444 e. The summed E-state index contributed by atoms with van der Waals surface area (Å²) in [5.41, 5.74) is -0.415. The molecule has 0 aromatic heterocycles. The van der Waals surface area contributed by atoms with E-state index in [1.54, 1.807) is 11.9 Å². The molecule has 1 unspecified atom stereocenters. The van der Waals surface area contributed by atoms with Gasteiger partial charge in [-0.25, -0.2) is 4.79 Å². The molecule has 0 spiro atoms. The number of ether oxygens (including phenoxy) is 1. The Bertz CT molecular complexity index is 194. The van der Waals surface area contributed by atoms with Crippen molar-refractivity contribution in [2.24, 2.45) is 5.92 Å². The van der Waals surface area contributed by atoms with Gasteiger partial charge in [-0.2, -0.15) is 0 Å². The number of hydrogen-bond donors (Lipinski definition) is 0. The van der Waals surface area contributed by atoms with Crippen molar-refractivity contribution in [2.75, 3.05) is 7.05 Å². The molecule has 0 aromatic rings. The van der Waals surface area contributed by atoms with Crippen molar-refractivity contribution in [1.82, 2.24) is 4.90 Å². The van der Waals surface area contributed by atoms with Crippen LogP contribution in [0.15, 0.2) is 0 Å². The highest BCUT2D eigenvalue weighted by Crippen LogP contribution is 2.13. The van der Waals surface area contributed by atoms with E-state index >= 15 is 0 Å². The maximum absolute atomic E-state index is 11.6. The maximum Gasteiger partial charge on any atom is 0.410 e. The van der Waals surface area contributed by atoms with E-state index in [9.17, 15) is 4.79 Å². The second kappa shape index (κ2) is 4.67. The number of carbonyl (C=O) groups excluding carboxylic acids is 1. The summed E-state index contributed by atoms with van der Waals surface area (Å²) < 4.78 is 5.26. The molecule has 0 saturated carbocycles. The Morgan fingerprint density at radius 1 is 1.21 bits per heavy atom. The van der Waals surface area contributed by atoms with Crippen LogP contribution in [0.1, 0.15) is 41.5 Å². The zero-order valence-electron chi connectivity index (χ0n) is 10.4. The van der Waals surface area contributed by atoms with Crippen LogP contribution in [0.5, 0.6) is 0 Å². The molecule has 84 valence electrons. The average molecular weight is 201 g/mol. The van der Waals surface area contributed by atoms with E-state index in [-0.39, 0.29) is 12.1 Å². The van der Waals surface area contributed by atoms with Crippen LogP contribution in [0.4, 0.5) is 4.79 Å². The van der Waals surface area contributed by atoms with Crippen molar-refractivity contribution in [1.29, 1.82) is 0 Å². The minimum absolute atomic E-state index is 0.199. The summed E-state index contributed by atoms with van der Waals surface area (Å²) in [5.74, 6) is 0.438. The van der Waals surface area contributed by atoms with Crippen LogP contribution in [0.3, 0.4) is 0 Å². The Kier molecular flexibility index (Phi) is 4.43. The number of carbonyl (C=O) groups is 1. The predicted octanol–water partition coefficient (Wildman–Crippen LogP) is 2.90. The third kappa shape index (κ3) is 4.49. The van der Waals surface area contributed by atoms with E-state index in [1.165, 1.54) is 0 Å². The highest BCUT2D eigenvalue weighted by molar-refractivity contribution is 5.68. The first kappa shape index (κ1) is 13.3. The highest BCUT2D eigenvalue weighted by atomic mass is 16.6. The Morgan fingerprint density at radius 3 is 1.93 bits per heavy atom. The van der Waals surface area contributed by atoms with Crippen LogP contribution in [-0.2, 0) is 4.74 Å². The van der Waals surface area contributed by atoms with Gasteiger partial charge >= 0.3 is 6.09 Å². The Labute approximate surface area is 87.4 Å². The molecule has 14 heavy (non-hydrogen) atoms. The third-order valence-corrected chi connectivity index (χ3v) is 2.26. The number of amides is 1. The molecule has 0 heterocycles. The summed E-state index contributed by atoms with van der Waals surface area (Å²) in [6, 6.07) is 0.199. The van der Waals surface area contributed by atoms with E-state index in [2.05, 4.69) is 13.8 Å². The SMILES string of the molecule is CC(C)C(C)N(C)C(=O)OC(C)(C)C. The van der Waals surface area contributed by atoms with Crippen LogP contribution >= 0.6 is 0 Å². The van der Waals surface area contributed by atoms with Crippen LogP contribution in [0.2, 0.25) is 0 Å². The molecule has 0 aliphatic rings. The number of rotatable bonds is 2. The molecule has 0 aliphatic carbocycles. The zero-order valence-corrected chi connectivity index (χ0v) is 10.4. The second-order valence-corrected chi connectivity index (χ2v) is 5.08. The van der Waals surface area contributed by atoms with Crippen molar-refractivity contribution < 1.29 is 9.53 Å². The Morgan fingerprint density at radius 2 is 1.64 bits per heavy atom. The topological polar surface area (TPSA) is 29.5 Å². The molecule has 1 atom stereocenters. The van der Waals surface area contributed by atoms with Gasteiger partial charge in [-0.05, 0) is 33.6 Å². The lowest BCUT2D eigenvalue weighted by Crippen LogP contribution is -2.41. The standard InChI is InChI=1S/C11H23NO2/c1-8(2)9(3)12(7)10(13)14-11(4,5)6/h8-9H,1-7H3. The van der Waals surface area contributed by atoms with Gasteiger partial charge in [0.15, 0.2) is 0 Å². The van der Waals surface area contributed by atoms with Crippen molar-refractivity contribution in [3.05, 3.63) is 0 Å². The average Bonchev–Trinajstić information content (AvgIpc) is 1.98. The third-order valence-electron chi connectivity index (χ3n) is 2.26. The normalized spacial score (nSPS) is 14.0. The van der Waals surface area contributed by atoms with Crippen LogP contribution < -0.4 is 0 Å². The largest absolute Gasteiger partial charge is 0.444 e. The fourth-order valence-corrected chi connectivity index (χ4v) is 0.947. The van der Waals surface area contributed by atoms with Crippen LogP contribution in [-0.4, -0.2) is 29.7 Å². The molecule has 3 nitrogen and oxygen atoms in total. The first-order valence-electron chi connectivity index (χ1n) is 5.11. The summed E-state index contributed by atoms with van der Waals surface area (Å²) in [5, 5.41) is 0. The van der Waals surface area contributed by atoms with E-state index in [4.69, 9.17) is 4.74 Å². The smallest absolute Gasteiger partial charge is 0.410 e. The fourth-order valence-electron chi connectivity index (χ4n) is 0.947. The lowest BCUT2D eigenvalue weighted by molar-refractivity contribution is 0.0198. The monoisotopic (exact) mass is 201 g/mol. The van der Waals surface area contributed by atoms with Gasteiger partial charge in [0, 0.05) is 13.1 Å². The molecule has 0 N–H and O–H groups in total. The van der Waals surface area contributed by atoms with Crippen molar-refractivity contribution >= 4 is 6.09 Å². The van der Waals surface area contributed by atoms with Gasteiger partial charge in [0.2, 0.25) is 0 Å². The molecule has 0 saturated heterocycles. The second-order valence-electron chi connectivity index (χ2n) is 5.08. The van der Waals surface area contributed by atoms with Crippen LogP contribution in [0.25, 0.3) is 0 Å². The van der Waals surface area contributed by atoms with Crippen LogP contribution in [0, 0.1) is 5.92 Å². The molecule has 0 fully saturated rings. The minimum atomic E-state index is -0.415. The van der Waals surface area contributed by atoms with E-state index < -0.39 is 5.60 Å². The van der Waals surface area contributed by atoms with Crippen molar-refractivity contribution in [2.45, 2.75) is 53.2 Å². The summed E-state index contributed by atoms with van der Waals surface area (Å²) in [7, 11) is 1.78. The fraction of sp³-hybridized carbons (Fsp3) is 0.909. The van der Waals surface area contributed by atoms with Crippen molar-refractivity contribution in [3.63, 3.8) is 0 Å². The first-order chi connectivity index (χ1) is 6.15. The van der Waals surface area contributed by atoms with Gasteiger partial charge in [-0.15, -0.1) is 0 Å². The van der Waals surface area contributed by atoms with Gasteiger partial charge in [0.05, 0.1) is 0 Å². The summed E-state index contributed by atoms with van der Waals surface area (Å²) in [4.78, 5) is 13.3. The summed E-state index contributed by atoms with van der Waals surface area (Å²) in [6.07, 6.45) is -0.251. The maximum atomic E-state index is 11.6. The van der Waals surface area contributed by atoms with E-state index in [1.807, 2.05) is 27.7 Å². The Hall–Kier alpha value is -0.730. The molecule has 3 heteroatoms. The Balaban J connectivity index is 4.26. The highest BCUT2D eigenvalue weighted by Gasteiger charge is 2.24. The van der Waals surface area contributed by atoms with Gasteiger partial charge < -0.3 is 9.64 Å². The molecule has 0 rings (SSSR count). The quantitative estimate of drug-likeness (QED) is 0.687. The number of nitrogens with zero attached hydrogens (tertiary/aromatic N) is 1. The molecular weight excluding hydrogens is 178 g/mol. The summed E-state index contributed by atoms with van der Waals surface area (Å²) >= 11 is 0. The predicted molar refractivity (Wildman–Crippen MR) is 58.3 cm³/mol. The molecule has 1 amide bonds. The summed E-state index contributed by atoms with van der Waals surface area (Å²) in [6.45, 7) is 11.8.